The van der Waals surface area contributed by atoms with Gasteiger partial charge < -0.3 is 11.1 Å². The van der Waals surface area contributed by atoms with Crippen molar-refractivity contribution in [2.24, 2.45) is 5.73 Å². The number of nitrogens with one attached hydrogen (secondary N) is 2. The summed E-state index contributed by atoms with van der Waals surface area (Å²) in [5.41, 5.74) is 5.74. The van der Waals surface area contributed by atoms with Gasteiger partial charge in [0.1, 0.15) is 11.7 Å². The van der Waals surface area contributed by atoms with E-state index in [-0.39, 0.29) is 0 Å². The summed E-state index contributed by atoms with van der Waals surface area (Å²) in [4.78, 5) is 19.0. The Balaban J connectivity index is 2.42. The first kappa shape index (κ1) is 7.93. The summed E-state index contributed by atoms with van der Waals surface area (Å²) in [7, 11) is 0. The fourth-order valence-corrected chi connectivity index (χ4v) is 1.27. The van der Waals surface area contributed by atoms with Crippen molar-refractivity contribution in [3.05, 3.63) is 18.1 Å². The lowest BCUT2D eigenvalue weighted by Crippen LogP contribution is -2.41. The molecule has 0 aromatic carbocycles. The summed E-state index contributed by atoms with van der Waals surface area (Å²) in [6.45, 7) is 0.472. The molecule has 1 amide bonds. The van der Waals surface area contributed by atoms with Gasteiger partial charge in [-0.05, 0) is 0 Å². The Morgan fingerprint density at radius 2 is 2.31 bits per heavy atom. The summed E-state index contributed by atoms with van der Waals surface area (Å²) < 4.78 is 0. The average molecular weight is 179 g/mol. The second-order valence-corrected chi connectivity index (χ2v) is 2.68. The number of aromatic nitrogens is 2. The third-order valence-electron chi connectivity index (χ3n) is 1.85. The molecule has 0 saturated carbocycles. The van der Waals surface area contributed by atoms with Gasteiger partial charge in [-0.2, -0.15) is 0 Å². The van der Waals surface area contributed by atoms with Crippen LogP contribution < -0.4 is 16.4 Å². The maximum atomic E-state index is 11.0. The monoisotopic (exact) mass is 179 g/mol. The molecule has 0 bridgehead atoms. The number of nitrogens with two attached hydrogens (primary N) is 1. The van der Waals surface area contributed by atoms with Crippen molar-refractivity contribution >= 4 is 11.7 Å². The number of amides is 1. The molecule has 0 aliphatic carbocycles. The zero-order valence-corrected chi connectivity index (χ0v) is 6.82. The second-order valence-electron chi connectivity index (χ2n) is 2.68. The van der Waals surface area contributed by atoms with Crippen LogP contribution in [0.2, 0.25) is 0 Å². The summed E-state index contributed by atoms with van der Waals surface area (Å²) in [6.07, 6.45) is 3.10. The van der Waals surface area contributed by atoms with Crippen LogP contribution in [-0.4, -0.2) is 22.5 Å². The second kappa shape index (κ2) is 2.98. The van der Waals surface area contributed by atoms with Gasteiger partial charge in [0.2, 0.25) is 5.91 Å². The molecule has 1 aromatic rings. The Morgan fingerprint density at radius 1 is 1.54 bits per heavy atom. The fourth-order valence-electron chi connectivity index (χ4n) is 1.27. The number of carbonyl (C=O) groups is 1. The minimum Gasteiger partial charge on any atom is -0.368 e. The van der Waals surface area contributed by atoms with E-state index in [0.717, 1.165) is 0 Å². The molecule has 0 spiro atoms. The fraction of sp³-hybridized carbons (Fsp3) is 0.286. The highest BCUT2D eigenvalue weighted by atomic mass is 16.1. The van der Waals surface area contributed by atoms with Crippen LogP contribution in [0.3, 0.4) is 0 Å². The molecule has 4 N–H and O–H groups in total. The van der Waals surface area contributed by atoms with E-state index in [1.807, 2.05) is 0 Å². The molecule has 1 aliphatic heterocycles. The summed E-state index contributed by atoms with van der Waals surface area (Å²) in [6, 6.07) is -0.537. The molecule has 0 saturated heterocycles. The quantitative estimate of drug-likeness (QED) is 0.513. The van der Waals surface area contributed by atoms with Crippen molar-refractivity contribution in [3.8, 4) is 0 Å². The molecule has 0 radical (unpaired) electrons. The van der Waals surface area contributed by atoms with E-state index in [1.54, 1.807) is 6.20 Å². The van der Waals surface area contributed by atoms with Crippen LogP contribution in [0, 0.1) is 0 Å². The molecule has 1 unspecified atom stereocenters. The van der Waals surface area contributed by atoms with Gasteiger partial charge in [-0.3, -0.25) is 15.1 Å². The Bertz CT molecular complexity index is 339. The van der Waals surface area contributed by atoms with E-state index < -0.39 is 11.9 Å². The van der Waals surface area contributed by atoms with Gasteiger partial charge in [-0.25, -0.2) is 4.98 Å². The van der Waals surface area contributed by atoms with Crippen molar-refractivity contribution < 1.29 is 4.79 Å². The first-order valence-electron chi connectivity index (χ1n) is 3.86. The lowest BCUT2D eigenvalue weighted by Gasteiger charge is -2.23. The lowest BCUT2D eigenvalue weighted by atomic mass is 10.1. The molecule has 0 fully saturated rings. The zero-order chi connectivity index (χ0) is 9.26. The smallest absolute Gasteiger partial charge is 0.240 e. The molecule has 13 heavy (non-hydrogen) atoms. The van der Waals surface area contributed by atoms with Gasteiger partial charge in [-0.15, -0.1) is 0 Å². The number of hydrogen-bond donors (Lipinski definition) is 3. The molecule has 1 aromatic heterocycles. The first-order valence-corrected chi connectivity index (χ1v) is 3.86. The molecule has 2 rings (SSSR count). The third-order valence-corrected chi connectivity index (χ3v) is 1.85. The Hall–Kier alpha value is -1.69. The van der Waals surface area contributed by atoms with Gasteiger partial charge >= 0.3 is 0 Å². The van der Waals surface area contributed by atoms with E-state index in [4.69, 9.17) is 5.73 Å². The molecular weight excluding hydrogens is 170 g/mol. The standard InChI is InChI=1S/C7H9N5O/c8-6(13)4-5-7(12-3-11-4)10-2-1-9-5/h1-2,4,11H,3H2,(H2,8,13)(H,10,12). The molecule has 6 nitrogen and oxygen atoms in total. The number of hydrogen-bond acceptors (Lipinski definition) is 5. The van der Waals surface area contributed by atoms with Crippen molar-refractivity contribution in [2.75, 3.05) is 12.0 Å². The number of fused-ring (bicyclic) bond motifs is 1. The average Bonchev–Trinajstić information content (AvgIpc) is 2.17. The minimum absolute atomic E-state index is 0.441. The van der Waals surface area contributed by atoms with Crippen molar-refractivity contribution in [1.29, 1.82) is 0 Å². The predicted molar refractivity (Wildman–Crippen MR) is 45.6 cm³/mol. The van der Waals surface area contributed by atoms with Crippen LogP contribution >= 0.6 is 0 Å². The van der Waals surface area contributed by atoms with E-state index in [2.05, 4.69) is 20.6 Å². The number of nitrogens with zero attached hydrogens (tertiary/aromatic N) is 2. The SMILES string of the molecule is NC(=O)C1NCNc2nccnc21. The molecular formula is C7H9N5O. The van der Waals surface area contributed by atoms with E-state index in [0.29, 0.717) is 18.2 Å². The molecule has 1 atom stereocenters. The number of rotatable bonds is 1. The molecule has 2 heterocycles. The number of primary amides is 1. The molecule has 1 aliphatic rings. The van der Waals surface area contributed by atoms with Gasteiger partial charge in [0.25, 0.3) is 0 Å². The van der Waals surface area contributed by atoms with E-state index in [9.17, 15) is 4.79 Å². The molecule has 6 heteroatoms. The first-order chi connectivity index (χ1) is 6.29. The van der Waals surface area contributed by atoms with Crippen molar-refractivity contribution in [1.82, 2.24) is 15.3 Å². The van der Waals surface area contributed by atoms with Crippen LogP contribution in [0.4, 0.5) is 5.82 Å². The Morgan fingerprint density at radius 3 is 3.08 bits per heavy atom. The van der Waals surface area contributed by atoms with Crippen LogP contribution in [0.5, 0.6) is 0 Å². The third kappa shape index (κ3) is 1.31. The summed E-state index contributed by atoms with van der Waals surface area (Å²) in [5, 5.41) is 5.84. The van der Waals surface area contributed by atoms with Crippen LogP contribution in [0.1, 0.15) is 11.7 Å². The maximum absolute atomic E-state index is 11.0. The summed E-state index contributed by atoms with van der Waals surface area (Å²) >= 11 is 0. The highest BCUT2D eigenvalue weighted by Crippen LogP contribution is 2.20. The minimum atomic E-state index is -0.537. The number of carbonyl (C=O) groups excluding carboxylic acids is 1. The van der Waals surface area contributed by atoms with E-state index >= 15 is 0 Å². The number of anilines is 1. The van der Waals surface area contributed by atoms with Crippen molar-refractivity contribution in [2.45, 2.75) is 6.04 Å². The Kier molecular flexibility index (Phi) is 1.82. The van der Waals surface area contributed by atoms with Gasteiger partial charge in [0.15, 0.2) is 5.82 Å². The lowest BCUT2D eigenvalue weighted by molar-refractivity contribution is -0.120. The maximum Gasteiger partial charge on any atom is 0.240 e. The largest absolute Gasteiger partial charge is 0.368 e. The van der Waals surface area contributed by atoms with Crippen molar-refractivity contribution in [3.63, 3.8) is 0 Å². The normalized spacial score (nSPS) is 20.2. The summed E-state index contributed by atoms with van der Waals surface area (Å²) in [5.74, 6) is 0.174. The van der Waals surface area contributed by atoms with Crippen LogP contribution in [-0.2, 0) is 4.79 Å². The van der Waals surface area contributed by atoms with Gasteiger partial charge in [-0.1, -0.05) is 0 Å². The highest BCUT2D eigenvalue weighted by molar-refractivity contribution is 5.82. The van der Waals surface area contributed by atoms with Crippen LogP contribution in [0.15, 0.2) is 12.4 Å². The van der Waals surface area contributed by atoms with Gasteiger partial charge in [0.05, 0.1) is 6.67 Å². The van der Waals surface area contributed by atoms with E-state index in [1.165, 1.54) is 6.20 Å². The predicted octanol–water partition coefficient (Wildman–Crippen LogP) is -1.02. The van der Waals surface area contributed by atoms with Crippen LogP contribution in [0.25, 0.3) is 0 Å². The Labute approximate surface area is 74.6 Å². The van der Waals surface area contributed by atoms with Gasteiger partial charge in [0, 0.05) is 12.4 Å². The highest BCUT2D eigenvalue weighted by Gasteiger charge is 2.25. The topological polar surface area (TPSA) is 92.9 Å². The zero-order valence-electron chi connectivity index (χ0n) is 6.82. The molecule has 68 valence electrons.